The zero-order valence-corrected chi connectivity index (χ0v) is 17.9. The van der Waals surface area contributed by atoms with Gasteiger partial charge in [-0.1, -0.05) is 42.5 Å². The fraction of sp³-hybridized carbons (Fsp3) is 0.160. The van der Waals surface area contributed by atoms with Crippen molar-refractivity contribution < 1.29 is 14.1 Å². The highest BCUT2D eigenvalue weighted by Crippen LogP contribution is 2.31. The molecule has 2 unspecified atom stereocenters. The summed E-state index contributed by atoms with van der Waals surface area (Å²) in [5.74, 6) is 0.561. The summed E-state index contributed by atoms with van der Waals surface area (Å²) in [6.07, 6.45) is 8.27. The Balaban J connectivity index is 1.41. The van der Waals surface area contributed by atoms with Crippen LogP contribution in [0.3, 0.4) is 0 Å². The Morgan fingerprint density at radius 2 is 2.06 bits per heavy atom. The number of anilines is 1. The van der Waals surface area contributed by atoms with Crippen LogP contribution >= 0.6 is 0 Å². The molecule has 1 saturated heterocycles. The summed E-state index contributed by atoms with van der Waals surface area (Å²) in [6, 6.07) is 18.1. The molecule has 2 N–H and O–H groups in total. The van der Waals surface area contributed by atoms with Gasteiger partial charge < -0.3 is 14.1 Å². The lowest BCUT2D eigenvalue weighted by molar-refractivity contribution is -0.838. The van der Waals surface area contributed by atoms with Crippen LogP contribution in [0, 0.1) is 0 Å². The minimum absolute atomic E-state index is 0.00683. The Labute approximate surface area is 190 Å². The van der Waals surface area contributed by atoms with Crippen LogP contribution in [0.15, 0.2) is 79.4 Å². The molecule has 0 aliphatic carbocycles. The van der Waals surface area contributed by atoms with Gasteiger partial charge in [0.05, 0.1) is 12.3 Å². The minimum atomic E-state index is -0.190. The van der Waals surface area contributed by atoms with Gasteiger partial charge in [0, 0.05) is 41.3 Å². The van der Waals surface area contributed by atoms with E-state index in [-0.39, 0.29) is 10.7 Å². The van der Waals surface area contributed by atoms with Crippen molar-refractivity contribution in [1.29, 1.82) is 0 Å². The second-order valence-electron chi connectivity index (χ2n) is 8.30. The van der Waals surface area contributed by atoms with Gasteiger partial charge in [0.25, 0.3) is 0 Å². The number of aromatic amines is 1. The first kappa shape index (κ1) is 19.7. The number of imidazole rings is 1. The summed E-state index contributed by atoms with van der Waals surface area (Å²) in [5.41, 5.74) is 7.98. The van der Waals surface area contributed by atoms with E-state index in [1.165, 1.54) is 0 Å². The van der Waals surface area contributed by atoms with Crippen molar-refractivity contribution in [2.45, 2.75) is 6.10 Å². The number of nitrogens with one attached hydrogen (secondary N) is 2. The van der Waals surface area contributed by atoms with Crippen LogP contribution in [0.4, 0.5) is 5.82 Å². The molecular weight excluding hydrogens is 416 g/mol. The normalized spacial score (nSPS) is 20.8. The first-order valence-electron chi connectivity index (χ1n) is 10.9. The predicted octanol–water partition coefficient (Wildman–Crippen LogP) is 3.95. The Morgan fingerprint density at radius 3 is 2.94 bits per heavy atom. The molecule has 1 amide bonds. The molecule has 164 valence electrons. The SMILES string of the molecule is O=C[N+]1(Nc2nc(-c3cccc4[nH]ccc34)cn3ccnc23)CCOC(c2ccccc2)C1. The van der Waals surface area contributed by atoms with E-state index in [1.807, 2.05) is 71.5 Å². The number of benzene rings is 2. The summed E-state index contributed by atoms with van der Waals surface area (Å²) < 4.78 is 7.95. The third kappa shape index (κ3) is 3.45. The second-order valence-corrected chi connectivity index (χ2v) is 8.30. The molecule has 4 heterocycles. The van der Waals surface area contributed by atoms with Crippen LogP contribution in [0.2, 0.25) is 0 Å². The maximum absolute atomic E-state index is 12.4. The topological polar surface area (TPSA) is 84.3 Å². The average molecular weight is 439 g/mol. The number of amides is 1. The number of rotatable bonds is 5. The van der Waals surface area contributed by atoms with Crippen molar-refractivity contribution >= 4 is 28.8 Å². The van der Waals surface area contributed by atoms with Crippen LogP contribution in [0.5, 0.6) is 0 Å². The molecule has 2 aromatic carbocycles. The van der Waals surface area contributed by atoms with E-state index in [4.69, 9.17) is 9.72 Å². The number of hydrogen-bond acceptors (Lipinski definition) is 5. The largest absolute Gasteiger partial charge is 0.362 e. The van der Waals surface area contributed by atoms with Crippen LogP contribution in [-0.4, -0.2) is 50.1 Å². The van der Waals surface area contributed by atoms with Gasteiger partial charge in [-0.2, -0.15) is 4.59 Å². The van der Waals surface area contributed by atoms with E-state index in [2.05, 4.69) is 21.5 Å². The zero-order chi connectivity index (χ0) is 22.3. The van der Waals surface area contributed by atoms with Crippen molar-refractivity contribution in [3.05, 3.63) is 84.9 Å². The zero-order valence-electron chi connectivity index (χ0n) is 17.9. The number of nitrogens with zero attached hydrogens (tertiary/aromatic N) is 4. The second kappa shape index (κ2) is 7.84. The molecule has 3 aromatic heterocycles. The molecule has 2 atom stereocenters. The highest BCUT2D eigenvalue weighted by Gasteiger charge is 2.38. The first-order valence-corrected chi connectivity index (χ1v) is 10.9. The molecule has 0 spiro atoms. The summed E-state index contributed by atoms with van der Waals surface area (Å²) in [4.78, 5) is 25.1. The smallest absolute Gasteiger partial charge is 0.325 e. The molecule has 33 heavy (non-hydrogen) atoms. The molecule has 0 radical (unpaired) electrons. The fourth-order valence-corrected chi connectivity index (χ4v) is 4.55. The quantitative estimate of drug-likeness (QED) is 0.320. The lowest BCUT2D eigenvalue weighted by Gasteiger charge is -2.38. The molecule has 1 aliphatic heterocycles. The van der Waals surface area contributed by atoms with Gasteiger partial charge in [0.1, 0.15) is 19.2 Å². The number of aromatic nitrogens is 4. The highest BCUT2D eigenvalue weighted by molar-refractivity contribution is 5.94. The van der Waals surface area contributed by atoms with Crippen molar-refractivity contribution in [2.24, 2.45) is 0 Å². The van der Waals surface area contributed by atoms with Crippen LogP contribution in [0.1, 0.15) is 11.7 Å². The van der Waals surface area contributed by atoms with Crippen molar-refractivity contribution in [2.75, 3.05) is 25.1 Å². The third-order valence-electron chi connectivity index (χ3n) is 6.25. The number of ether oxygens (including phenoxy) is 1. The lowest BCUT2D eigenvalue weighted by atomic mass is 10.1. The number of carbonyl (C=O) groups excluding carboxylic acids is 1. The van der Waals surface area contributed by atoms with Gasteiger partial charge in [-0.15, -0.1) is 0 Å². The molecule has 5 aromatic rings. The molecular formula is C25H23N6O2+. The molecule has 1 fully saturated rings. The van der Waals surface area contributed by atoms with Crippen LogP contribution in [0.25, 0.3) is 27.8 Å². The van der Waals surface area contributed by atoms with E-state index in [0.29, 0.717) is 31.2 Å². The van der Waals surface area contributed by atoms with Gasteiger partial charge in [0.2, 0.25) is 5.82 Å². The lowest BCUT2D eigenvalue weighted by Crippen LogP contribution is -2.58. The van der Waals surface area contributed by atoms with E-state index in [0.717, 1.165) is 34.1 Å². The Hall–Kier alpha value is -4.01. The van der Waals surface area contributed by atoms with E-state index >= 15 is 0 Å². The van der Waals surface area contributed by atoms with Crippen LogP contribution in [-0.2, 0) is 9.53 Å². The maximum Gasteiger partial charge on any atom is 0.325 e. The van der Waals surface area contributed by atoms with E-state index in [1.54, 1.807) is 6.20 Å². The number of quaternary nitrogens is 1. The molecule has 6 rings (SSSR count). The molecule has 1 aliphatic rings. The van der Waals surface area contributed by atoms with Crippen molar-refractivity contribution in [1.82, 2.24) is 19.4 Å². The summed E-state index contributed by atoms with van der Waals surface area (Å²) in [5, 5.41) is 1.09. The number of H-pyrrole nitrogens is 1. The van der Waals surface area contributed by atoms with Crippen LogP contribution < -0.4 is 5.43 Å². The van der Waals surface area contributed by atoms with Gasteiger partial charge >= 0.3 is 6.41 Å². The minimum Gasteiger partial charge on any atom is -0.362 e. The number of fused-ring (bicyclic) bond motifs is 2. The third-order valence-corrected chi connectivity index (χ3v) is 6.25. The first-order chi connectivity index (χ1) is 16.2. The number of carbonyl (C=O) groups is 1. The van der Waals surface area contributed by atoms with E-state index in [9.17, 15) is 4.79 Å². The maximum atomic E-state index is 12.4. The summed E-state index contributed by atoms with van der Waals surface area (Å²) >= 11 is 0. The van der Waals surface area contributed by atoms with Gasteiger partial charge in [-0.3, -0.25) is 0 Å². The Morgan fingerprint density at radius 1 is 1.15 bits per heavy atom. The summed E-state index contributed by atoms with van der Waals surface area (Å²) in [6.45, 7) is 1.41. The van der Waals surface area contributed by atoms with Gasteiger partial charge in [0.15, 0.2) is 5.65 Å². The van der Waals surface area contributed by atoms with E-state index < -0.39 is 0 Å². The van der Waals surface area contributed by atoms with Gasteiger partial charge in [-0.25, -0.2) is 20.2 Å². The Kier molecular flexibility index (Phi) is 4.67. The molecule has 8 heteroatoms. The average Bonchev–Trinajstić information content (AvgIpc) is 3.54. The van der Waals surface area contributed by atoms with Crippen molar-refractivity contribution in [3.8, 4) is 11.3 Å². The monoisotopic (exact) mass is 439 g/mol. The fourth-order valence-electron chi connectivity index (χ4n) is 4.55. The molecule has 0 saturated carbocycles. The molecule has 8 nitrogen and oxygen atoms in total. The number of hydrogen-bond donors (Lipinski definition) is 2. The summed E-state index contributed by atoms with van der Waals surface area (Å²) in [7, 11) is 0. The highest BCUT2D eigenvalue weighted by atomic mass is 16.5. The van der Waals surface area contributed by atoms with Gasteiger partial charge in [-0.05, 0) is 17.7 Å². The van der Waals surface area contributed by atoms with Crippen molar-refractivity contribution in [3.63, 3.8) is 0 Å². The molecule has 0 bridgehead atoms. The predicted molar refractivity (Wildman–Crippen MR) is 125 cm³/mol. The Bertz CT molecular complexity index is 1440. The standard InChI is InChI=1S/C25H23N6O2/c32-17-31(13-14-33-23(16-31)18-5-2-1-3-6-18)29-24-25-27-11-12-30(25)15-22(28-24)19-7-4-8-21-20(19)9-10-26-21/h1-12,15,17,23,26H,13-14,16H2,(H,28,29)/q+1. The number of morpholine rings is 1.